The Morgan fingerprint density at radius 3 is 2.89 bits per heavy atom. The zero-order valence-electron chi connectivity index (χ0n) is 15.0. The number of aromatic nitrogens is 4. The number of nitrogens with zero attached hydrogens (tertiary/aromatic N) is 4. The van der Waals surface area contributed by atoms with E-state index in [1.54, 1.807) is 0 Å². The molecule has 27 heavy (non-hydrogen) atoms. The van der Waals surface area contributed by atoms with Gasteiger partial charge >= 0.3 is 0 Å². The molecule has 1 aliphatic rings. The Balaban J connectivity index is 1.40. The summed E-state index contributed by atoms with van der Waals surface area (Å²) in [5.41, 5.74) is 2.88. The molecule has 2 aromatic carbocycles. The maximum atomic E-state index is 12.3. The summed E-state index contributed by atoms with van der Waals surface area (Å²) in [6, 6.07) is 13.2. The number of carbonyl (C=O) groups is 1. The van der Waals surface area contributed by atoms with Crippen LogP contribution < -0.4 is 14.8 Å². The summed E-state index contributed by atoms with van der Waals surface area (Å²) in [7, 11) is 0. The molecule has 0 fully saturated rings. The van der Waals surface area contributed by atoms with Crippen molar-refractivity contribution in [1.29, 1.82) is 0 Å². The number of fused-ring (bicyclic) bond motifs is 1. The van der Waals surface area contributed by atoms with E-state index < -0.39 is 0 Å². The van der Waals surface area contributed by atoms with Crippen molar-refractivity contribution in [2.45, 2.75) is 26.4 Å². The summed E-state index contributed by atoms with van der Waals surface area (Å²) in [6.45, 7) is 4.10. The summed E-state index contributed by atoms with van der Waals surface area (Å²) in [5.74, 6) is 1.71. The molecule has 3 aromatic rings. The lowest BCUT2D eigenvalue weighted by Crippen LogP contribution is -2.30. The number of aryl methyl sites for hydroxylation is 1. The summed E-state index contributed by atoms with van der Waals surface area (Å²) in [6.07, 6.45) is 0. The largest absolute Gasteiger partial charge is 0.454 e. The molecule has 1 aromatic heterocycles. The van der Waals surface area contributed by atoms with Gasteiger partial charge in [0.2, 0.25) is 18.5 Å². The molecule has 8 heteroatoms. The second kappa shape index (κ2) is 7.06. The van der Waals surface area contributed by atoms with E-state index in [4.69, 9.17) is 9.47 Å². The van der Waals surface area contributed by atoms with Gasteiger partial charge in [0.1, 0.15) is 6.54 Å². The molecule has 0 spiro atoms. The van der Waals surface area contributed by atoms with Crippen LogP contribution in [0.15, 0.2) is 42.5 Å². The zero-order chi connectivity index (χ0) is 18.8. The molecule has 1 atom stereocenters. The Morgan fingerprint density at radius 2 is 2.04 bits per heavy atom. The first-order valence-electron chi connectivity index (χ1n) is 8.63. The van der Waals surface area contributed by atoms with E-state index >= 15 is 0 Å². The van der Waals surface area contributed by atoms with Gasteiger partial charge in [-0.2, -0.15) is 4.80 Å². The van der Waals surface area contributed by atoms with E-state index in [0.717, 1.165) is 16.7 Å². The predicted octanol–water partition coefficient (Wildman–Crippen LogP) is 2.25. The van der Waals surface area contributed by atoms with E-state index in [9.17, 15) is 4.79 Å². The first kappa shape index (κ1) is 17.0. The van der Waals surface area contributed by atoms with Crippen LogP contribution in [0.2, 0.25) is 0 Å². The van der Waals surface area contributed by atoms with Crippen molar-refractivity contribution >= 4 is 5.91 Å². The molecule has 0 aliphatic carbocycles. The van der Waals surface area contributed by atoms with Crippen molar-refractivity contribution in [3.8, 4) is 22.9 Å². The van der Waals surface area contributed by atoms with Gasteiger partial charge in [0, 0.05) is 5.56 Å². The van der Waals surface area contributed by atoms with Crippen molar-refractivity contribution in [2.75, 3.05) is 6.79 Å². The molecule has 0 radical (unpaired) electrons. The third kappa shape index (κ3) is 3.59. The lowest BCUT2D eigenvalue weighted by atomic mass is 10.1. The van der Waals surface area contributed by atoms with E-state index in [-0.39, 0.29) is 25.3 Å². The third-order valence-electron chi connectivity index (χ3n) is 4.40. The van der Waals surface area contributed by atoms with Crippen LogP contribution in [-0.2, 0) is 11.3 Å². The van der Waals surface area contributed by atoms with Crippen LogP contribution in [0.25, 0.3) is 11.4 Å². The highest BCUT2D eigenvalue weighted by Crippen LogP contribution is 2.34. The third-order valence-corrected chi connectivity index (χ3v) is 4.40. The first-order valence-corrected chi connectivity index (χ1v) is 8.63. The molecule has 138 valence electrons. The van der Waals surface area contributed by atoms with Crippen LogP contribution >= 0.6 is 0 Å². The van der Waals surface area contributed by atoms with Gasteiger partial charge in [-0.05, 0) is 42.3 Å². The molecule has 4 rings (SSSR count). The first-order chi connectivity index (χ1) is 13.1. The van der Waals surface area contributed by atoms with Gasteiger partial charge in [-0.1, -0.05) is 30.3 Å². The van der Waals surface area contributed by atoms with Crippen molar-refractivity contribution in [3.05, 3.63) is 53.6 Å². The van der Waals surface area contributed by atoms with Gasteiger partial charge in [-0.25, -0.2) is 0 Å². The fourth-order valence-corrected chi connectivity index (χ4v) is 2.92. The Kier molecular flexibility index (Phi) is 4.45. The minimum Gasteiger partial charge on any atom is -0.454 e. The highest BCUT2D eigenvalue weighted by Gasteiger charge is 2.17. The Morgan fingerprint density at radius 1 is 1.22 bits per heavy atom. The molecule has 2 heterocycles. The minimum absolute atomic E-state index is 0.00618. The lowest BCUT2D eigenvalue weighted by molar-refractivity contribution is -0.122. The Bertz CT molecular complexity index is 985. The van der Waals surface area contributed by atoms with Crippen LogP contribution in [0.5, 0.6) is 11.5 Å². The number of carbonyl (C=O) groups excluding carboxylic acids is 1. The van der Waals surface area contributed by atoms with Crippen molar-refractivity contribution < 1.29 is 14.3 Å². The molecular formula is C19H19N5O3. The molecule has 0 saturated heterocycles. The average Bonchev–Trinajstić information content (AvgIpc) is 3.30. The van der Waals surface area contributed by atoms with Crippen molar-refractivity contribution in [1.82, 2.24) is 25.5 Å². The predicted molar refractivity (Wildman–Crippen MR) is 97.1 cm³/mol. The molecule has 1 aliphatic heterocycles. The van der Waals surface area contributed by atoms with Gasteiger partial charge in [-0.15, -0.1) is 10.2 Å². The van der Waals surface area contributed by atoms with Gasteiger partial charge in [0.25, 0.3) is 0 Å². The SMILES string of the molecule is Cc1ccccc1-c1nnn(CC(=O)N[C@H](C)c2ccc3c(c2)OCO3)n1. The summed E-state index contributed by atoms with van der Waals surface area (Å²) in [5, 5.41) is 15.3. The fourth-order valence-electron chi connectivity index (χ4n) is 2.92. The number of rotatable bonds is 5. The summed E-state index contributed by atoms with van der Waals surface area (Å²) in [4.78, 5) is 13.6. The average molecular weight is 365 g/mol. The van der Waals surface area contributed by atoms with Gasteiger partial charge in [0.05, 0.1) is 6.04 Å². The molecule has 1 N–H and O–H groups in total. The monoisotopic (exact) mass is 365 g/mol. The van der Waals surface area contributed by atoms with Crippen LogP contribution in [-0.4, -0.2) is 32.9 Å². The topological polar surface area (TPSA) is 91.2 Å². The van der Waals surface area contributed by atoms with E-state index in [1.807, 2.05) is 56.3 Å². The normalized spacial score (nSPS) is 13.4. The quantitative estimate of drug-likeness (QED) is 0.746. The second-order valence-corrected chi connectivity index (χ2v) is 6.36. The summed E-state index contributed by atoms with van der Waals surface area (Å²) < 4.78 is 10.7. The number of tetrazole rings is 1. The molecule has 1 amide bonds. The van der Waals surface area contributed by atoms with Crippen LogP contribution in [0, 0.1) is 6.92 Å². The summed E-state index contributed by atoms with van der Waals surface area (Å²) >= 11 is 0. The van der Waals surface area contributed by atoms with Gasteiger partial charge < -0.3 is 14.8 Å². The van der Waals surface area contributed by atoms with Crippen LogP contribution in [0.1, 0.15) is 24.1 Å². The van der Waals surface area contributed by atoms with Gasteiger partial charge in [-0.3, -0.25) is 4.79 Å². The van der Waals surface area contributed by atoms with E-state index in [0.29, 0.717) is 17.3 Å². The standard InChI is InChI=1S/C19H19N5O3/c1-12-5-3-4-6-15(12)19-21-23-24(22-19)10-18(25)20-13(2)14-7-8-16-17(9-14)27-11-26-16/h3-9,13H,10-11H2,1-2H3,(H,20,25)/t13-/m1/s1. The number of ether oxygens (including phenoxy) is 2. The minimum atomic E-state index is -0.200. The number of hydrogen-bond donors (Lipinski definition) is 1. The van der Waals surface area contributed by atoms with Crippen LogP contribution in [0.3, 0.4) is 0 Å². The number of amides is 1. The second-order valence-electron chi connectivity index (χ2n) is 6.36. The smallest absolute Gasteiger partial charge is 0.244 e. The maximum absolute atomic E-state index is 12.3. The molecule has 0 bridgehead atoms. The molecule has 8 nitrogen and oxygen atoms in total. The van der Waals surface area contributed by atoms with Crippen LogP contribution in [0.4, 0.5) is 0 Å². The Hall–Kier alpha value is -3.42. The highest BCUT2D eigenvalue weighted by atomic mass is 16.7. The number of nitrogens with one attached hydrogen (secondary N) is 1. The van der Waals surface area contributed by atoms with E-state index in [1.165, 1.54) is 4.80 Å². The zero-order valence-corrected chi connectivity index (χ0v) is 15.0. The van der Waals surface area contributed by atoms with Gasteiger partial charge in [0.15, 0.2) is 11.5 Å². The van der Waals surface area contributed by atoms with E-state index in [2.05, 4.69) is 20.7 Å². The fraction of sp³-hybridized carbons (Fsp3) is 0.263. The van der Waals surface area contributed by atoms with Crippen molar-refractivity contribution in [3.63, 3.8) is 0 Å². The Labute approximate surface area is 156 Å². The van der Waals surface area contributed by atoms with Crippen molar-refractivity contribution in [2.24, 2.45) is 0 Å². The lowest BCUT2D eigenvalue weighted by Gasteiger charge is -2.14. The number of benzene rings is 2. The molecule has 0 saturated carbocycles. The molecule has 0 unspecified atom stereocenters. The highest BCUT2D eigenvalue weighted by molar-refractivity contribution is 5.76. The number of hydrogen-bond acceptors (Lipinski definition) is 6. The maximum Gasteiger partial charge on any atom is 0.244 e. The molecular weight excluding hydrogens is 346 g/mol.